The lowest BCUT2D eigenvalue weighted by molar-refractivity contribution is -0.384. The van der Waals surface area contributed by atoms with Gasteiger partial charge in [0.15, 0.2) is 0 Å². The average molecular weight is 406 g/mol. The van der Waals surface area contributed by atoms with E-state index in [2.05, 4.69) is 10.4 Å². The second kappa shape index (κ2) is 8.87. The predicted molar refractivity (Wildman–Crippen MR) is 111 cm³/mol. The molecule has 0 bridgehead atoms. The van der Waals surface area contributed by atoms with Crippen LogP contribution in [0, 0.1) is 10.1 Å². The number of nitrogens with zero attached hydrogens (tertiary/aromatic N) is 3. The highest BCUT2D eigenvalue weighted by Crippen LogP contribution is 2.26. The number of aromatic nitrogens is 2. The number of amides is 1. The van der Waals surface area contributed by atoms with E-state index in [4.69, 9.17) is 4.74 Å². The lowest BCUT2D eigenvalue weighted by Gasteiger charge is -2.10. The van der Waals surface area contributed by atoms with Crippen molar-refractivity contribution in [2.75, 3.05) is 13.2 Å². The number of carbonyl (C=O) groups is 1. The molecule has 0 aliphatic carbocycles. The summed E-state index contributed by atoms with van der Waals surface area (Å²) in [5.41, 5.74) is 2.97. The van der Waals surface area contributed by atoms with Crippen LogP contribution < -0.4 is 5.32 Å². The molecular weight excluding hydrogens is 384 g/mol. The topological polar surface area (TPSA) is 99.3 Å². The molecule has 30 heavy (non-hydrogen) atoms. The summed E-state index contributed by atoms with van der Waals surface area (Å²) in [6, 6.07) is 15.8. The number of nitrogens with one attached hydrogen (secondary N) is 1. The number of non-ortho nitro benzene ring substituents is 1. The molecule has 2 aromatic carbocycles. The highest BCUT2D eigenvalue weighted by Gasteiger charge is 2.19. The fourth-order valence-electron chi connectivity index (χ4n) is 3.50. The van der Waals surface area contributed by atoms with Crippen LogP contribution in [0.3, 0.4) is 0 Å². The van der Waals surface area contributed by atoms with Gasteiger partial charge in [0.25, 0.3) is 5.69 Å². The van der Waals surface area contributed by atoms with Gasteiger partial charge in [-0.05, 0) is 37.1 Å². The Bertz CT molecular complexity index is 1030. The van der Waals surface area contributed by atoms with Crippen molar-refractivity contribution in [1.82, 2.24) is 15.1 Å². The van der Waals surface area contributed by atoms with Crippen molar-refractivity contribution >= 4 is 11.6 Å². The van der Waals surface area contributed by atoms with Gasteiger partial charge < -0.3 is 10.1 Å². The number of hydrogen-bond acceptors (Lipinski definition) is 5. The summed E-state index contributed by atoms with van der Waals surface area (Å²) in [5.74, 6) is -0.110. The predicted octanol–water partition coefficient (Wildman–Crippen LogP) is 3.29. The Morgan fingerprint density at radius 3 is 2.63 bits per heavy atom. The first-order valence-corrected chi connectivity index (χ1v) is 9.87. The monoisotopic (exact) mass is 406 g/mol. The number of rotatable bonds is 7. The van der Waals surface area contributed by atoms with Crippen LogP contribution in [0.5, 0.6) is 0 Å². The van der Waals surface area contributed by atoms with Crippen molar-refractivity contribution in [1.29, 1.82) is 0 Å². The van der Waals surface area contributed by atoms with Gasteiger partial charge in [-0.25, -0.2) is 4.68 Å². The molecule has 154 valence electrons. The van der Waals surface area contributed by atoms with Gasteiger partial charge in [-0.15, -0.1) is 0 Å². The van der Waals surface area contributed by atoms with Gasteiger partial charge in [0.2, 0.25) is 5.91 Å². The number of ether oxygens (including phenoxy) is 1. The molecule has 0 saturated carbocycles. The Morgan fingerprint density at radius 1 is 1.20 bits per heavy atom. The van der Waals surface area contributed by atoms with Crippen LogP contribution in [0.2, 0.25) is 0 Å². The fraction of sp³-hybridized carbons (Fsp3) is 0.273. The van der Waals surface area contributed by atoms with Crippen LogP contribution in [-0.4, -0.2) is 39.9 Å². The van der Waals surface area contributed by atoms with Crippen molar-refractivity contribution < 1.29 is 14.5 Å². The minimum absolute atomic E-state index is 0.0112. The molecule has 1 aliphatic rings. The number of benzene rings is 2. The van der Waals surface area contributed by atoms with E-state index in [1.165, 1.54) is 12.1 Å². The van der Waals surface area contributed by atoms with Crippen LogP contribution in [0.25, 0.3) is 16.9 Å². The molecule has 8 nitrogen and oxygen atoms in total. The standard InChI is InChI=1S/C22H22N4O4/c27-21(23-14-20-7-4-12-30-20)13-17-15-25(18-5-2-1-3-6-18)24-22(17)16-8-10-19(11-9-16)26(28)29/h1-3,5-6,8-11,15,20H,4,7,12-14H2,(H,23,27). The summed E-state index contributed by atoms with van der Waals surface area (Å²) in [5, 5.41) is 18.5. The van der Waals surface area contributed by atoms with E-state index < -0.39 is 4.92 Å². The molecule has 1 aliphatic heterocycles. The summed E-state index contributed by atoms with van der Waals surface area (Å²) in [7, 11) is 0. The average Bonchev–Trinajstić information content (AvgIpc) is 3.43. The Labute approximate surface area is 173 Å². The summed E-state index contributed by atoms with van der Waals surface area (Å²) in [6.45, 7) is 1.24. The molecule has 2 heterocycles. The van der Waals surface area contributed by atoms with Crippen LogP contribution in [0.15, 0.2) is 60.8 Å². The van der Waals surface area contributed by atoms with Gasteiger partial charge >= 0.3 is 0 Å². The zero-order valence-corrected chi connectivity index (χ0v) is 16.4. The van der Waals surface area contributed by atoms with Crippen molar-refractivity contribution in [2.45, 2.75) is 25.4 Å². The molecule has 4 rings (SSSR count). The lowest BCUT2D eigenvalue weighted by atomic mass is 10.1. The summed E-state index contributed by atoms with van der Waals surface area (Å²) in [6.07, 6.45) is 4.05. The van der Waals surface area contributed by atoms with Crippen LogP contribution in [-0.2, 0) is 16.0 Å². The van der Waals surface area contributed by atoms with E-state index in [-0.39, 0.29) is 24.1 Å². The minimum atomic E-state index is -0.439. The molecule has 3 aromatic rings. The third kappa shape index (κ3) is 4.55. The minimum Gasteiger partial charge on any atom is -0.376 e. The summed E-state index contributed by atoms with van der Waals surface area (Å²) >= 11 is 0. The van der Waals surface area contributed by atoms with E-state index >= 15 is 0 Å². The number of hydrogen-bond donors (Lipinski definition) is 1. The number of nitro benzene ring substituents is 1. The lowest BCUT2D eigenvalue weighted by Crippen LogP contribution is -2.32. The van der Waals surface area contributed by atoms with E-state index in [1.54, 1.807) is 16.8 Å². The molecule has 1 N–H and O–H groups in total. The number of para-hydroxylation sites is 1. The quantitative estimate of drug-likeness (QED) is 0.479. The summed E-state index contributed by atoms with van der Waals surface area (Å²) < 4.78 is 7.27. The second-order valence-corrected chi connectivity index (χ2v) is 7.20. The Kier molecular flexibility index (Phi) is 5.85. The molecular formula is C22H22N4O4. The van der Waals surface area contributed by atoms with E-state index in [9.17, 15) is 14.9 Å². The molecule has 1 fully saturated rings. The highest BCUT2D eigenvalue weighted by molar-refractivity contribution is 5.81. The van der Waals surface area contributed by atoms with Crippen molar-refractivity contribution in [2.24, 2.45) is 0 Å². The maximum atomic E-state index is 12.5. The van der Waals surface area contributed by atoms with Crippen LogP contribution in [0.4, 0.5) is 5.69 Å². The Hall–Kier alpha value is -3.52. The molecule has 1 aromatic heterocycles. The van der Waals surface area contributed by atoms with Crippen molar-refractivity contribution in [3.63, 3.8) is 0 Å². The van der Waals surface area contributed by atoms with Crippen LogP contribution >= 0.6 is 0 Å². The van der Waals surface area contributed by atoms with Gasteiger partial charge in [-0.2, -0.15) is 5.10 Å². The summed E-state index contributed by atoms with van der Waals surface area (Å²) in [4.78, 5) is 23.1. The molecule has 8 heteroatoms. The van der Waals surface area contributed by atoms with Gasteiger partial charge in [0.05, 0.1) is 28.8 Å². The molecule has 1 saturated heterocycles. The normalized spacial score (nSPS) is 15.8. The second-order valence-electron chi connectivity index (χ2n) is 7.20. The zero-order valence-electron chi connectivity index (χ0n) is 16.4. The third-order valence-electron chi connectivity index (χ3n) is 5.06. The molecule has 0 radical (unpaired) electrons. The Balaban J connectivity index is 1.59. The molecule has 1 amide bonds. The zero-order chi connectivity index (χ0) is 20.9. The maximum absolute atomic E-state index is 12.5. The largest absolute Gasteiger partial charge is 0.376 e. The van der Waals surface area contributed by atoms with Gasteiger partial charge in [-0.3, -0.25) is 14.9 Å². The smallest absolute Gasteiger partial charge is 0.269 e. The first-order valence-electron chi connectivity index (χ1n) is 9.87. The van der Waals surface area contributed by atoms with Gasteiger partial charge in [0.1, 0.15) is 0 Å². The number of carbonyl (C=O) groups excluding carboxylic acids is 1. The van der Waals surface area contributed by atoms with Crippen LogP contribution in [0.1, 0.15) is 18.4 Å². The Morgan fingerprint density at radius 2 is 1.97 bits per heavy atom. The fourth-order valence-corrected chi connectivity index (χ4v) is 3.50. The first kappa shape index (κ1) is 19.8. The van der Waals surface area contributed by atoms with E-state index in [0.29, 0.717) is 12.2 Å². The molecule has 1 unspecified atom stereocenters. The van der Waals surface area contributed by atoms with Gasteiger partial charge in [-0.1, -0.05) is 18.2 Å². The molecule has 1 atom stereocenters. The third-order valence-corrected chi connectivity index (χ3v) is 5.06. The van der Waals surface area contributed by atoms with E-state index in [0.717, 1.165) is 36.3 Å². The molecule has 0 spiro atoms. The van der Waals surface area contributed by atoms with E-state index in [1.807, 2.05) is 36.5 Å². The SMILES string of the molecule is O=C(Cc1cn(-c2ccccc2)nc1-c1ccc([N+](=O)[O-])cc1)NCC1CCCO1. The van der Waals surface area contributed by atoms with Crippen molar-refractivity contribution in [3.05, 3.63) is 76.5 Å². The van der Waals surface area contributed by atoms with Gasteiger partial charge in [0, 0.05) is 42.6 Å². The highest BCUT2D eigenvalue weighted by atomic mass is 16.6. The van der Waals surface area contributed by atoms with Crippen molar-refractivity contribution in [3.8, 4) is 16.9 Å². The maximum Gasteiger partial charge on any atom is 0.269 e. The first-order chi connectivity index (χ1) is 14.6. The number of nitro groups is 1.